The number of anilines is 1. The molecule has 2 rings (SSSR count). The van der Waals surface area contributed by atoms with Gasteiger partial charge in [0.2, 0.25) is 0 Å². The van der Waals surface area contributed by atoms with Crippen LogP contribution in [0, 0.1) is 6.92 Å². The molecule has 0 radical (unpaired) electrons. The van der Waals surface area contributed by atoms with E-state index in [2.05, 4.69) is 9.97 Å². The first-order valence-corrected chi connectivity index (χ1v) is 6.16. The van der Waals surface area contributed by atoms with Gasteiger partial charge in [0.25, 0.3) is 5.56 Å². The molecule has 1 heterocycles. The summed E-state index contributed by atoms with van der Waals surface area (Å²) in [5, 5.41) is 0. The van der Waals surface area contributed by atoms with Crippen LogP contribution in [0.25, 0.3) is 0 Å². The number of aromatic amines is 1. The lowest BCUT2D eigenvalue weighted by Crippen LogP contribution is -2.22. The predicted molar refractivity (Wildman–Crippen MR) is 76.0 cm³/mol. The van der Waals surface area contributed by atoms with Gasteiger partial charge in [-0.3, -0.25) is 4.79 Å². The van der Waals surface area contributed by atoms with Gasteiger partial charge < -0.3 is 15.6 Å². The zero-order valence-corrected chi connectivity index (χ0v) is 11.2. The summed E-state index contributed by atoms with van der Waals surface area (Å²) in [4.78, 5) is 20.4. The second kappa shape index (κ2) is 5.67. The molecule has 0 saturated heterocycles. The maximum absolute atomic E-state index is 11.4. The van der Waals surface area contributed by atoms with Crippen molar-refractivity contribution in [2.24, 2.45) is 5.73 Å². The molecule has 0 amide bonds. The Hall–Kier alpha value is -2.14. The van der Waals surface area contributed by atoms with E-state index in [-0.39, 0.29) is 5.56 Å². The van der Waals surface area contributed by atoms with Gasteiger partial charge in [-0.05, 0) is 18.1 Å². The molecule has 0 atom stereocenters. The molecule has 0 spiro atoms. The number of H-pyrrole nitrogens is 1. The number of nitrogens with one attached hydrogen (secondary N) is 1. The Bertz CT molecular complexity index is 621. The summed E-state index contributed by atoms with van der Waals surface area (Å²) in [6, 6.07) is 9.51. The van der Waals surface area contributed by atoms with Gasteiger partial charge in [-0.1, -0.05) is 24.3 Å². The molecule has 19 heavy (non-hydrogen) atoms. The van der Waals surface area contributed by atoms with Crippen molar-refractivity contribution < 1.29 is 0 Å². The number of aryl methyl sites for hydroxylation is 1. The van der Waals surface area contributed by atoms with Crippen molar-refractivity contribution in [3.05, 3.63) is 57.6 Å². The highest BCUT2D eigenvalue weighted by molar-refractivity contribution is 5.39. The van der Waals surface area contributed by atoms with Gasteiger partial charge in [-0.2, -0.15) is 0 Å². The summed E-state index contributed by atoms with van der Waals surface area (Å²) in [5.74, 6) is 1.27. The molecule has 0 fully saturated rings. The molecule has 0 saturated carbocycles. The molecule has 100 valence electrons. The summed E-state index contributed by atoms with van der Waals surface area (Å²) in [5.41, 5.74) is 7.84. The van der Waals surface area contributed by atoms with Crippen LogP contribution in [0.15, 0.2) is 35.1 Å². The lowest BCUT2D eigenvalue weighted by Gasteiger charge is -2.19. The van der Waals surface area contributed by atoms with E-state index < -0.39 is 0 Å². The molecule has 1 aromatic heterocycles. The molecule has 3 N–H and O–H groups in total. The molecule has 5 nitrogen and oxygen atoms in total. The van der Waals surface area contributed by atoms with Crippen LogP contribution in [0.4, 0.5) is 5.82 Å². The third kappa shape index (κ3) is 3.20. The molecule has 0 bridgehead atoms. The number of rotatable bonds is 4. The molecule has 1 aromatic carbocycles. The first kappa shape index (κ1) is 13.3. The third-order valence-corrected chi connectivity index (χ3v) is 2.98. The van der Waals surface area contributed by atoms with E-state index in [0.717, 1.165) is 11.1 Å². The molecule has 0 aliphatic carbocycles. The van der Waals surface area contributed by atoms with Gasteiger partial charge in [0, 0.05) is 26.2 Å². The largest absolute Gasteiger partial charge is 0.355 e. The maximum Gasteiger partial charge on any atom is 0.252 e. The Morgan fingerprint density at radius 1 is 1.32 bits per heavy atom. The molecule has 2 aromatic rings. The van der Waals surface area contributed by atoms with E-state index in [4.69, 9.17) is 5.73 Å². The summed E-state index contributed by atoms with van der Waals surface area (Å²) < 4.78 is 0. The minimum absolute atomic E-state index is 0.138. The van der Waals surface area contributed by atoms with Gasteiger partial charge in [-0.15, -0.1) is 0 Å². The zero-order chi connectivity index (χ0) is 13.8. The number of aromatic nitrogens is 2. The summed E-state index contributed by atoms with van der Waals surface area (Å²) >= 11 is 0. The predicted octanol–water partition coefficient (Wildman–Crippen LogP) is 1.17. The monoisotopic (exact) mass is 258 g/mol. The Balaban J connectivity index is 2.25. The molecule has 0 unspecified atom stereocenters. The minimum Gasteiger partial charge on any atom is -0.355 e. The normalized spacial score (nSPS) is 10.5. The Labute approximate surface area is 112 Å². The highest BCUT2D eigenvalue weighted by Crippen LogP contribution is 2.14. The fourth-order valence-corrected chi connectivity index (χ4v) is 2.01. The van der Waals surface area contributed by atoms with Crippen LogP contribution in [0.1, 0.15) is 17.0 Å². The van der Waals surface area contributed by atoms with E-state index in [1.54, 1.807) is 6.92 Å². The van der Waals surface area contributed by atoms with Crippen molar-refractivity contribution in [3.8, 4) is 0 Å². The van der Waals surface area contributed by atoms with Gasteiger partial charge in [0.1, 0.15) is 11.6 Å². The van der Waals surface area contributed by atoms with Crippen LogP contribution in [0.3, 0.4) is 0 Å². The van der Waals surface area contributed by atoms with E-state index in [9.17, 15) is 4.79 Å². The number of nitrogens with zero attached hydrogens (tertiary/aromatic N) is 2. The fourth-order valence-electron chi connectivity index (χ4n) is 2.01. The third-order valence-electron chi connectivity index (χ3n) is 2.98. The minimum atomic E-state index is -0.138. The number of hydrogen-bond donors (Lipinski definition) is 2. The van der Waals surface area contributed by atoms with Gasteiger partial charge >= 0.3 is 0 Å². The summed E-state index contributed by atoms with van der Waals surface area (Å²) in [7, 11) is 1.91. The summed E-state index contributed by atoms with van der Waals surface area (Å²) in [6.45, 7) is 2.95. The molecular weight excluding hydrogens is 240 g/mol. The number of benzene rings is 1. The second-order valence-corrected chi connectivity index (χ2v) is 4.52. The van der Waals surface area contributed by atoms with Crippen molar-refractivity contribution in [1.82, 2.24) is 9.97 Å². The van der Waals surface area contributed by atoms with E-state index in [1.165, 1.54) is 6.07 Å². The topological polar surface area (TPSA) is 75.0 Å². The van der Waals surface area contributed by atoms with Crippen molar-refractivity contribution in [2.75, 3.05) is 11.9 Å². The summed E-state index contributed by atoms with van der Waals surface area (Å²) in [6.07, 6.45) is 0. The average molecular weight is 258 g/mol. The van der Waals surface area contributed by atoms with E-state index in [1.807, 2.05) is 36.2 Å². The van der Waals surface area contributed by atoms with Gasteiger partial charge in [0.05, 0.1) is 0 Å². The van der Waals surface area contributed by atoms with Crippen LogP contribution in [0.5, 0.6) is 0 Å². The van der Waals surface area contributed by atoms with Crippen LogP contribution >= 0.6 is 0 Å². The van der Waals surface area contributed by atoms with Crippen LogP contribution in [0.2, 0.25) is 0 Å². The fraction of sp³-hybridized carbons (Fsp3) is 0.286. The van der Waals surface area contributed by atoms with E-state index in [0.29, 0.717) is 24.7 Å². The number of hydrogen-bond acceptors (Lipinski definition) is 4. The first-order valence-electron chi connectivity index (χ1n) is 6.16. The SMILES string of the molecule is Cc1nc(N(C)Cc2ccccc2CN)cc(=O)[nH]1. The smallest absolute Gasteiger partial charge is 0.252 e. The first-order chi connectivity index (χ1) is 9.10. The number of nitrogens with two attached hydrogens (primary N) is 1. The quantitative estimate of drug-likeness (QED) is 0.863. The molecule has 5 heteroatoms. The van der Waals surface area contributed by atoms with Crippen LogP contribution in [-0.4, -0.2) is 17.0 Å². The van der Waals surface area contributed by atoms with Crippen LogP contribution in [-0.2, 0) is 13.1 Å². The highest BCUT2D eigenvalue weighted by atomic mass is 16.1. The van der Waals surface area contributed by atoms with E-state index >= 15 is 0 Å². The Kier molecular flexibility index (Phi) is 3.97. The van der Waals surface area contributed by atoms with Gasteiger partial charge in [0.15, 0.2) is 0 Å². The van der Waals surface area contributed by atoms with Gasteiger partial charge in [-0.25, -0.2) is 4.98 Å². The van der Waals surface area contributed by atoms with Crippen molar-refractivity contribution in [2.45, 2.75) is 20.0 Å². The highest BCUT2D eigenvalue weighted by Gasteiger charge is 2.07. The standard InChI is InChI=1S/C14H18N4O/c1-10-16-13(7-14(19)17-10)18(2)9-12-6-4-3-5-11(12)8-15/h3-7H,8-9,15H2,1-2H3,(H,16,17,19). The molecular formula is C14H18N4O. The van der Waals surface area contributed by atoms with Crippen molar-refractivity contribution in [3.63, 3.8) is 0 Å². The molecule has 0 aliphatic rings. The Morgan fingerprint density at radius 3 is 2.63 bits per heavy atom. The van der Waals surface area contributed by atoms with Crippen LogP contribution < -0.4 is 16.2 Å². The Morgan fingerprint density at radius 2 is 2.00 bits per heavy atom. The lowest BCUT2D eigenvalue weighted by molar-refractivity contribution is 0.857. The zero-order valence-electron chi connectivity index (χ0n) is 11.2. The molecule has 0 aliphatic heterocycles. The lowest BCUT2D eigenvalue weighted by atomic mass is 10.1. The van der Waals surface area contributed by atoms with Crippen molar-refractivity contribution in [1.29, 1.82) is 0 Å². The second-order valence-electron chi connectivity index (χ2n) is 4.52. The van der Waals surface area contributed by atoms with Crippen molar-refractivity contribution >= 4 is 5.82 Å². The average Bonchev–Trinajstić information content (AvgIpc) is 2.38. The maximum atomic E-state index is 11.4.